The summed E-state index contributed by atoms with van der Waals surface area (Å²) < 4.78 is 32.9. The Labute approximate surface area is 179 Å². The highest BCUT2D eigenvalue weighted by Gasteiger charge is 2.34. The number of rotatable bonds is 3. The van der Waals surface area contributed by atoms with Gasteiger partial charge >= 0.3 is 6.03 Å². The molecule has 2 heterocycles. The fourth-order valence-electron chi connectivity index (χ4n) is 4.71. The van der Waals surface area contributed by atoms with Crippen LogP contribution in [0.1, 0.15) is 56.9 Å². The Balaban J connectivity index is 1.37. The van der Waals surface area contributed by atoms with E-state index in [0.717, 1.165) is 37.3 Å². The van der Waals surface area contributed by atoms with Gasteiger partial charge in [0.2, 0.25) is 5.89 Å². The molecule has 2 amide bonds. The number of likely N-dealkylation sites (tertiary alicyclic amines) is 1. The number of amides is 2. The number of aromatic nitrogens is 1. The molecule has 2 aromatic carbocycles. The number of benzene rings is 2. The number of hydrogen-bond donors (Lipinski definition) is 1. The third kappa shape index (κ3) is 4.01. The summed E-state index contributed by atoms with van der Waals surface area (Å²) in [6.07, 6.45) is 7.37. The first kappa shape index (κ1) is 20.0. The van der Waals surface area contributed by atoms with Crippen molar-refractivity contribution in [3.05, 3.63) is 53.9 Å². The van der Waals surface area contributed by atoms with Crippen LogP contribution in [0.4, 0.5) is 13.6 Å². The topological polar surface area (TPSA) is 58.4 Å². The van der Waals surface area contributed by atoms with Crippen molar-refractivity contribution >= 4 is 17.1 Å². The van der Waals surface area contributed by atoms with E-state index in [1.165, 1.54) is 31.4 Å². The van der Waals surface area contributed by atoms with E-state index in [-0.39, 0.29) is 18.1 Å². The van der Waals surface area contributed by atoms with Crippen molar-refractivity contribution in [3.8, 4) is 11.1 Å². The van der Waals surface area contributed by atoms with Crippen LogP contribution in [0.15, 0.2) is 40.8 Å². The van der Waals surface area contributed by atoms with E-state index in [2.05, 4.69) is 10.3 Å². The third-order valence-electron chi connectivity index (χ3n) is 6.39. The van der Waals surface area contributed by atoms with Crippen LogP contribution in [0, 0.1) is 11.6 Å². The van der Waals surface area contributed by atoms with Crippen molar-refractivity contribution in [2.45, 2.75) is 57.0 Å². The predicted molar refractivity (Wildman–Crippen MR) is 113 cm³/mol. The number of halogens is 2. The quantitative estimate of drug-likeness (QED) is 0.564. The van der Waals surface area contributed by atoms with Gasteiger partial charge in [0.1, 0.15) is 11.6 Å². The van der Waals surface area contributed by atoms with Gasteiger partial charge in [0, 0.05) is 12.6 Å². The first-order valence-electron chi connectivity index (χ1n) is 11.0. The lowest BCUT2D eigenvalue weighted by atomic mass is 9.96. The largest absolute Gasteiger partial charge is 0.438 e. The number of carbonyl (C=O) groups is 1. The summed E-state index contributed by atoms with van der Waals surface area (Å²) in [7, 11) is 0. The molecule has 5 rings (SSSR count). The molecule has 1 saturated carbocycles. The maximum absolute atomic E-state index is 13.6. The van der Waals surface area contributed by atoms with Gasteiger partial charge in [-0.3, -0.25) is 0 Å². The molecule has 1 aromatic heterocycles. The van der Waals surface area contributed by atoms with Crippen LogP contribution < -0.4 is 5.32 Å². The first-order valence-corrected chi connectivity index (χ1v) is 11.0. The molecule has 0 unspecified atom stereocenters. The molecule has 1 aliphatic heterocycles. The summed E-state index contributed by atoms with van der Waals surface area (Å²) in [5.41, 5.74) is 2.54. The molecule has 3 aromatic rings. The second-order valence-electron chi connectivity index (χ2n) is 8.50. The van der Waals surface area contributed by atoms with Gasteiger partial charge in [-0.25, -0.2) is 18.6 Å². The maximum Gasteiger partial charge on any atom is 0.318 e. The van der Waals surface area contributed by atoms with Crippen molar-refractivity contribution in [2.24, 2.45) is 0 Å². The van der Waals surface area contributed by atoms with E-state index < -0.39 is 11.6 Å². The van der Waals surface area contributed by atoms with Crippen LogP contribution in [-0.2, 0) is 0 Å². The highest BCUT2D eigenvalue weighted by Crippen LogP contribution is 2.34. The van der Waals surface area contributed by atoms with E-state index >= 15 is 0 Å². The molecule has 1 aliphatic carbocycles. The lowest BCUT2D eigenvalue weighted by molar-refractivity contribution is 0.178. The minimum Gasteiger partial charge on any atom is -0.438 e. The van der Waals surface area contributed by atoms with Crippen LogP contribution in [0.5, 0.6) is 0 Å². The van der Waals surface area contributed by atoms with Crippen LogP contribution in [0.2, 0.25) is 0 Å². The van der Waals surface area contributed by atoms with Crippen LogP contribution in [0.3, 0.4) is 0 Å². The molecule has 5 nitrogen and oxygen atoms in total. The lowest BCUT2D eigenvalue weighted by Gasteiger charge is -2.28. The third-order valence-corrected chi connectivity index (χ3v) is 6.39. The molecule has 0 bridgehead atoms. The second kappa shape index (κ2) is 8.29. The molecule has 1 N–H and O–H groups in total. The van der Waals surface area contributed by atoms with E-state index in [0.29, 0.717) is 29.1 Å². The monoisotopic (exact) mass is 425 g/mol. The fourth-order valence-corrected chi connectivity index (χ4v) is 4.71. The van der Waals surface area contributed by atoms with Gasteiger partial charge in [0.05, 0.1) is 0 Å². The normalized spacial score (nSPS) is 19.8. The fraction of sp³-hybridized carbons (Fsp3) is 0.417. The van der Waals surface area contributed by atoms with E-state index in [1.54, 1.807) is 18.2 Å². The Bertz CT molecular complexity index is 1110. The zero-order chi connectivity index (χ0) is 21.4. The molecule has 2 aliphatic rings. The number of nitrogens with one attached hydrogen (secondary N) is 1. The van der Waals surface area contributed by atoms with E-state index in [9.17, 15) is 13.6 Å². The standard InChI is InChI=1S/C24H25F2N3O2/c25-18-10-8-15(13-19(18)26)16-9-11-22-20(14-16)28-23(31-22)21-7-4-12-29(21)24(30)27-17-5-2-1-3-6-17/h8-11,13-14,17,21H,1-7,12H2,(H,27,30)/t21-/m0/s1. The SMILES string of the molecule is O=C(NC1CCCCC1)N1CCC[C@H]1c1nc2cc(-c3ccc(F)c(F)c3)ccc2o1. The number of nitrogens with zero attached hydrogens (tertiary/aromatic N) is 2. The van der Waals surface area contributed by atoms with Gasteiger partial charge in [-0.2, -0.15) is 0 Å². The molecule has 1 atom stereocenters. The van der Waals surface area contributed by atoms with E-state index in [4.69, 9.17) is 4.42 Å². The summed E-state index contributed by atoms with van der Waals surface area (Å²) in [4.78, 5) is 19.4. The summed E-state index contributed by atoms with van der Waals surface area (Å²) in [5.74, 6) is -1.24. The Morgan fingerprint density at radius 3 is 2.55 bits per heavy atom. The summed E-state index contributed by atoms with van der Waals surface area (Å²) in [5, 5.41) is 3.19. The van der Waals surface area contributed by atoms with Gasteiger partial charge < -0.3 is 14.6 Å². The van der Waals surface area contributed by atoms with Crippen LogP contribution in [0.25, 0.3) is 22.2 Å². The zero-order valence-corrected chi connectivity index (χ0v) is 17.2. The molecular formula is C24H25F2N3O2. The number of urea groups is 1. The molecule has 31 heavy (non-hydrogen) atoms. The average Bonchev–Trinajstić information content (AvgIpc) is 3.42. The van der Waals surface area contributed by atoms with Gasteiger partial charge in [0.25, 0.3) is 0 Å². The Morgan fingerprint density at radius 1 is 0.968 bits per heavy atom. The van der Waals surface area contributed by atoms with Crippen molar-refractivity contribution in [3.63, 3.8) is 0 Å². The molecule has 7 heteroatoms. The summed E-state index contributed by atoms with van der Waals surface area (Å²) in [6.45, 7) is 0.683. The first-order chi connectivity index (χ1) is 15.1. The van der Waals surface area contributed by atoms with Crippen LogP contribution >= 0.6 is 0 Å². The highest BCUT2D eigenvalue weighted by atomic mass is 19.2. The van der Waals surface area contributed by atoms with Gasteiger partial charge in [-0.05, 0) is 61.1 Å². The van der Waals surface area contributed by atoms with Crippen molar-refractivity contribution in [1.82, 2.24) is 15.2 Å². The lowest BCUT2D eigenvalue weighted by Crippen LogP contribution is -2.45. The smallest absolute Gasteiger partial charge is 0.318 e. The Hall–Kier alpha value is -2.96. The minimum atomic E-state index is -0.885. The number of hydrogen-bond acceptors (Lipinski definition) is 3. The van der Waals surface area contributed by atoms with E-state index in [1.807, 2.05) is 4.90 Å². The Morgan fingerprint density at radius 2 is 1.74 bits per heavy atom. The summed E-state index contributed by atoms with van der Waals surface area (Å²) in [6, 6.07) is 9.23. The van der Waals surface area contributed by atoms with Gasteiger partial charge in [0.15, 0.2) is 17.2 Å². The molecule has 0 spiro atoms. The molecular weight excluding hydrogens is 400 g/mol. The van der Waals surface area contributed by atoms with Crippen molar-refractivity contribution < 1.29 is 18.0 Å². The Kier molecular flexibility index (Phi) is 5.34. The summed E-state index contributed by atoms with van der Waals surface area (Å²) >= 11 is 0. The highest BCUT2D eigenvalue weighted by molar-refractivity contribution is 5.81. The van der Waals surface area contributed by atoms with Crippen molar-refractivity contribution in [2.75, 3.05) is 6.54 Å². The van der Waals surface area contributed by atoms with Gasteiger partial charge in [-0.1, -0.05) is 31.4 Å². The molecule has 162 valence electrons. The second-order valence-corrected chi connectivity index (χ2v) is 8.50. The maximum atomic E-state index is 13.6. The number of oxazole rings is 1. The molecule has 1 saturated heterocycles. The minimum absolute atomic E-state index is 0.0425. The van der Waals surface area contributed by atoms with Crippen LogP contribution in [-0.4, -0.2) is 28.5 Å². The molecule has 2 fully saturated rings. The average molecular weight is 425 g/mol. The van der Waals surface area contributed by atoms with Crippen molar-refractivity contribution in [1.29, 1.82) is 0 Å². The molecule has 0 radical (unpaired) electrons. The zero-order valence-electron chi connectivity index (χ0n) is 17.2. The number of fused-ring (bicyclic) bond motifs is 1. The predicted octanol–water partition coefficient (Wildman–Crippen LogP) is 5.95. The van der Waals surface area contributed by atoms with Gasteiger partial charge in [-0.15, -0.1) is 0 Å². The number of carbonyl (C=O) groups excluding carboxylic acids is 1.